The van der Waals surface area contributed by atoms with E-state index in [9.17, 15) is 13.2 Å². The third-order valence-corrected chi connectivity index (χ3v) is 5.59. The zero-order valence-corrected chi connectivity index (χ0v) is 15.5. The first-order chi connectivity index (χ1) is 11.8. The summed E-state index contributed by atoms with van der Waals surface area (Å²) >= 11 is 1.44. The van der Waals surface area contributed by atoms with Crippen LogP contribution in [-0.2, 0) is 14.8 Å². The lowest BCUT2D eigenvalue weighted by Crippen LogP contribution is -2.15. The molecule has 0 saturated heterocycles. The molecule has 1 aromatic carbocycles. The normalized spacial score (nSPS) is 11.1. The Balaban J connectivity index is 2.04. The summed E-state index contributed by atoms with van der Waals surface area (Å²) in [6, 6.07) is 5.88. The van der Waals surface area contributed by atoms with Gasteiger partial charge in [-0.2, -0.15) is 0 Å². The number of aromatic nitrogens is 1. The molecular formula is C16H19N3O4S2. The zero-order valence-electron chi connectivity index (χ0n) is 13.9. The summed E-state index contributed by atoms with van der Waals surface area (Å²) in [6.45, 7) is 7.02. The van der Waals surface area contributed by atoms with E-state index in [4.69, 9.17) is 4.52 Å². The van der Waals surface area contributed by atoms with Crippen LogP contribution in [-0.4, -0.2) is 31.0 Å². The highest BCUT2D eigenvalue weighted by Gasteiger charge is 2.19. The Morgan fingerprint density at radius 1 is 1.32 bits per heavy atom. The van der Waals surface area contributed by atoms with Gasteiger partial charge in [0.05, 0.1) is 16.3 Å². The minimum atomic E-state index is -3.80. The second kappa shape index (κ2) is 8.21. The fourth-order valence-electron chi connectivity index (χ4n) is 1.84. The van der Waals surface area contributed by atoms with E-state index >= 15 is 0 Å². The number of carbonyl (C=O) groups is 1. The van der Waals surface area contributed by atoms with Crippen molar-refractivity contribution in [2.75, 3.05) is 21.5 Å². The summed E-state index contributed by atoms with van der Waals surface area (Å²) in [5.74, 6) is 0.927. The van der Waals surface area contributed by atoms with E-state index in [1.807, 2.05) is 0 Å². The standard InChI is InChI=1S/C16H19N3O4S2/c1-4-9-24-10-15(20)17-13-5-7-14(8-6-13)25(21,22)19-16-11(2)12(3)18-23-16/h4-8,19H,1,9-10H2,2-3H3,(H,17,20). The van der Waals surface area contributed by atoms with Crippen LogP contribution in [0.25, 0.3) is 0 Å². The van der Waals surface area contributed by atoms with Crippen molar-refractivity contribution >= 4 is 39.3 Å². The molecule has 1 heterocycles. The van der Waals surface area contributed by atoms with Gasteiger partial charge in [0, 0.05) is 17.0 Å². The third kappa shape index (κ3) is 5.10. The Kier molecular flexibility index (Phi) is 6.27. The third-order valence-electron chi connectivity index (χ3n) is 3.30. The van der Waals surface area contributed by atoms with Crippen molar-refractivity contribution < 1.29 is 17.7 Å². The molecule has 0 radical (unpaired) electrons. The van der Waals surface area contributed by atoms with Crippen LogP contribution >= 0.6 is 11.8 Å². The van der Waals surface area contributed by atoms with E-state index in [0.29, 0.717) is 28.5 Å². The zero-order chi connectivity index (χ0) is 18.4. The highest BCUT2D eigenvalue weighted by atomic mass is 32.2. The fraction of sp³-hybridized carbons (Fsp3) is 0.250. The monoisotopic (exact) mass is 381 g/mol. The second-order valence-corrected chi connectivity index (χ2v) is 7.92. The smallest absolute Gasteiger partial charge is 0.264 e. The number of benzene rings is 1. The van der Waals surface area contributed by atoms with Crippen molar-refractivity contribution in [2.24, 2.45) is 0 Å². The van der Waals surface area contributed by atoms with E-state index in [2.05, 4.69) is 21.8 Å². The first-order valence-corrected chi connectivity index (χ1v) is 10.0. The molecule has 0 aliphatic heterocycles. The molecule has 2 aromatic rings. The molecule has 25 heavy (non-hydrogen) atoms. The highest BCUT2D eigenvalue weighted by Crippen LogP contribution is 2.22. The van der Waals surface area contributed by atoms with Crippen LogP contribution < -0.4 is 10.0 Å². The van der Waals surface area contributed by atoms with Crippen LogP contribution in [0.5, 0.6) is 0 Å². The van der Waals surface area contributed by atoms with Gasteiger partial charge in [-0.15, -0.1) is 18.3 Å². The van der Waals surface area contributed by atoms with Crippen LogP contribution in [0.4, 0.5) is 11.6 Å². The molecule has 0 saturated carbocycles. The maximum absolute atomic E-state index is 12.4. The summed E-state index contributed by atoms with van der Waals surface area (Å²) in [5.41, 5.74) is 1.77. The first kappa shape index (κ1) is 19.1. The molecule has 0 aliphatic carbocycles. The average molecular weight is 381 g/mol. The van der Waals surface area contributed by atoms with Gasteiger partial charge < -0.3 is 9.84 Å². The summed E-state index contributed by atoms with van der Waals surface area (Å²) in [5, 5.41) is 6.42. The maximum Gasteiger partial charge on any atom is 0.264 e. The molecule has 134 valence electrons. The fourth-order valence-corrected chi connectivity index (χ4v) is 3.43. The number of thioether (sulfide) groups is 1. The van der Waals surface area contributed by atoms with Gasteiger partial charge in [0.1, 0.15) is 0 Å². The number of hydrogen-bond acceptors (Lipinski definition) is 6. The maximum atomic E-state index is 12.4. The number of rotatable bonds is 8. The summed E-state index contributed by atoms with van der Waals surface area (Å²) in [4.78, 5) is 11.8. The number of nitrogens with one attached hydrogen (secondary N) is 2. The van der Waals surface area contributed by atoms with Crippen molar-refractivity contribution in [3.05, 3.63) is 48.2 Å². The largest absolute Gasteiger partial charge is 0.337 e. The minimum Gasteiger partial charge on any atom is -0.337 e. The molecule has 2 N–H and O–H groups in total. The van der Waals surface area contributed by atoms with Gasteiger partial charge in [-0.25, -0.2) is 13.1 Å². The average Bonchev–Trinajstić information content (AvgIpc) is 2.87. The summed E-state index contributed by atoms with van der Waals surface area (Å²) in [7, 11) is -3.80. The van der Waals surface area contributed by atoms with Crippen LogP contribution in [0, 0.1) is 13.8 Å². The molecular weight excluding hydrogens is 362 g/mol. The molecule has 0 spiro atoms. The predicted molar refractivity (Wildman–Crippen MR) is 99.4 cm³/mol. The Morgan fingerprint density at radius 2 is 2.00 bits per heavy atom. The van der Waals surface area contributed by atoms with Crippen LogP contribution in [0.2, 0.25) is 0 Å². The van der Waals surface area contributed by atoms with E-state index in [-0.39, 0.29) is 16.7 Å². The molecule has 7 nitrogen and oxygen atoms in total. The van der Waals surface area contributed by atoms with Crippen molar-refractivity contribution in [2.45, 2.75) is 18.7 Å². The van der Waals surface area contributed by atoms with Crippen LogP contribution in [0.3, 0.4) is 0 Å². The van der Waals surface area contributed by atoms with Gasteiger partial charge in [-0.3, -0.25) is 4.79 Å². The highest BCUT2D eigenvalue weighted by molar-refractivity contribution is 8.00. The molecule has 0 fully saturated rings. The van der Waals surface area contributed by atoms with Crippen LogP contribution in [0.15, 0.2) is 46.3 Å². The van der Waals surface area contributed by atoms with E-state index in [1.165, 1.54) is 36.0 Å². The molecule has 0 bridgehead atoms. The van der Waals surface area contributed by atoms with Gasteiger partial charge in [0.2, 0.25) is 11.8 Å². The van der Waals surface area contributed by atoms with Crippen molar-refractivity contribution in [3.63, 3.8) is 0 Å². The van der Waals surface area contributed by atoms with Gasteiger partial charge in [0.15, 0.2) is 0 Å². The predicted octanol–water partition coefficient (Wildman–Crippen LogP) is 2.95. The quantitative estimate of drug-likeness (QED) is 0.538. The van der Waals surface area contributed by atoms with E-state index < -0.39 is 10.0 Å². The van der Waals surface area contributed by atoms with Gasteiger partial charge >= 0.3 is 0 Å². The molecule has 9 heteroatoms. The number of sulfonamides is 1. The Hall–Kier alpha value is -2.26. The number of nitrogens with zero attached hydrogens (tertiary/aromatic N) is 1. The Morgan fingerprint density at radius 3 is 2.56 bits per heavy atom. The minimum absolute atomic E-state index is 0.0555. The summed E-state index contributed by atoms with van der Waals surface area (Å²) < 4.78 is 32.1. The lowest BCUT2D eigenvalue weighted by molar-refractivity contribution is -0.113. The molecule has 0 atom stereocenters. The molecule has 0 aliphatic rings. The Bertz CT molecular complexity index is 858. The summed E-state index contributed by atoms with van der Waals surface area (Å²) in [6.07, 6.45) is 1.72. The van der Waals surface area contributed by atoms with Crippen molar-refractivity contribution in [3.8, 4) is 0 Å². The van der Waals surface area contributed by atoms with Gasteiger partial charge in [0.25, 0.3) is 10.0 Å². The molecule has 1 amide bonds. The molecule has 1 aromatic heterocycles. The Labute approximate surface area is 150 Å². The van der Waals surface area contributed by atoms with Gasteiger partial charge in [-0.05, 0) is 38.1 Å². The SMILES string of the molecule is C=CCSCC(=O)Nc1ccc(S(=O)(=O)Nc2onc(C)c2C)cc1. The number of carbonyl (C=O) groups excluding carboxylic acids is 1. The lowest BCUT2D eigenvalue weighted by atomic mass is 10.3. The van der Waals surface area contributed by atoms with Crippen LogP contribution in [0.1, 0.15) is 11.3 Å². The number of amides is 1. The number of aryl methyl sites for hydroxylation is 1. The van der Waals surface area contributed by atoms with Crippen molar-refractivity contribution in [1.29, 1.82) is 0 Å². The molecule has 0 unspecified atom stereocenters. The number of hydrogen-bond donors (Lipinski definition) is 2. The van der Waals surface area contributed by atoms with E-state index in [0.717, 1.165) is 0 Å². The second-order valence-electron chi connectivity index (χ2n) is 5.20. The molecule has 2 rings (SSSR count). The topological polar surface area (TPSA) is 101 Å². The van der Waals surface area contributed by atoms with Gasteiger partial charge in [-0.1, -0.05) is 11.2 Å². The van der Waals surface area contributed by atoms with Crippen molar-refractivity contribution in [1.82, 2.24) is 5.16 Å². The lowest BCUT2D eigenvalue weighted by Gasteiger charge is -2.08. The first-order valence-electron chi connectivity index (χ1n) is 7.37. The van der Waals surface area contributed by atoms with E-state index in [1.54, 1.807) is 19.9 Å². The number of anilines is 2.